The molecule has 0 aliphatic rings. The average molecular weight is 769 g/mol. The molecule has 0 atom stereocenters. The van der Waals surface area contributed by atoms with Crippen molar-refractivity contribution in [2.75, 3.05) is 9.80 Å². The number of nitrogens with zero attached hydrogens (tertiary/aromatic N) is 2. The molecule has 1 aromatic heterocycles. The molecule has 0 bridgehead atoms. The summed E-state index contributed by atoms with van der Waals surface area (Å²) in [7, 11) is 0. The molecule has 0 aliphatic carbocycles. The van der Waals surface area contributed by atoms with Crippen LogP contribution in [0.25, 0.3) is 20.9 Å². The molecule has 6 aromatic carbocycles. The van der Waals surface area contributed by atoms with Crippen LogP contribution in [0.4, 0.5) is 34.1 Å². The van der Waals surface area contributed by atoms with E-state index in [4.69, 9.17) is 9.53 Å². The zero-order chi connectivity index (χ0) is 40.1. The molecule has 0 amide bonds. The second-order valence-corrected chi connectivity index (χ2v) is 14.4. The normalized spacial score (nSPS) is 10.4. The highest BCUT2D eigenvalue weighted by Crippen LogP contribution is 2.40. The van der Waals surface area contributed by atoms with Crippen LogP contribution >= 0.6 is 11.3 Å². The Balaban J connectivity index is 0.00000131. The molecule has 7 rings (SSSR count). The Hall–Kier alpha value is -6.80. The number of carbonyl (C=O) groups is 2. The molecule has 284 valence electrons. The third kappa shape index (κ3) is 10.1. The van der Waals surface area contributed by atoms with Crippen LogP contribution in [0.1, 0.15) is 22.3 Å². The lowest BCUT2D eigenvalue weighted by Crippen LogP contribution is -2.10. The highest BCUT2D eigenvalue weighted by molar-refractivity contribution is 7.18. The number of anilines is 6. The fraction of sp³-hybridized carbons (Fsp3) is 0.0800. The summed E-state index contributed by atoms with van der Waals surface area (Å²) in [5.41, 5.74) is 12.8. The van der Waals surface area contributed by atoms with Crippen LogP contribution in [0.2, 0.25) is 0 Å². The van der Waals surface area contributed by atoms with Crippen molar-refractivity contribution in [3.63, 3.8) is 0 Å². The maximum atomic E-state index is 11.6. The molecule has 1 heterocycles. The predicted octanol–water partition coefficient (Wildman–Crippen LogP) is 12.7. The monoisotopic (exact) mass is 768 g/mol. The molecule has 0 radical (unpaired) electrons. The van der Waals surface area contributed by atoms with E-state index in [2.05, 4.69) is 170 Å². The van der Waals surface area contributed by atoms with E-state index in [-0.39, 0.29) is 13.2 Å². The first-order chi connectivity index (χ1) is 27.8. The largest absolute Gasteiger partial charge is 0.458 e. The summed E-state index contributed by atoms with van der Waals surface area (Å²) >= 11 is 1.78. The average Bonchev–Trinajstić information content (AvgIpc) is 3.76. The van der Waals surface area contributed by atoms with E-state index < -0.39 is 5.97 Å². The van der Waals surface area contributed by atoms with Gasteiger partial charge >= 0.3 is 5.97 Å². The summed E-state index contributed by atoms with van der Waals surface area (Å²) in [6.45, 7) is 11.0. The maximum Gasteiger partial charge on any atom is 0.330 e. The summed E-state index contributed by atoms with van der Waals surface area (Å²) < 4.78 is 5.22. The Bertz CT molecular complexity index is 2390. The van der Waals surface area contributed by atoms with E-state index >= 15 is 0 Å². The number of aliphatic hydroxyl groups is 1. The van der Waals surface area contributed by atoms with Crippen molar-refractivity contribution in [2.24, 2.45) is 0 Å². The summed E-state index contributed by atoms with van der Waals surface area (Å²) in [5.74, 6) is -0.436. The molecule has 0 saturated carbocycles. The van der Waals surface area contributed by atoms with E-state index in [1.807, 2.05) is 24.3 Å². The second-order valence-electron chi connectivity index (χ2n) is 13.3. The summed E-state index contributed by atoms with van der Waals surface area (Å²) in [6, 6.07) is 54.9. The number of rotatable bonds is 13. The van der Waals surface area contributed by atoms with Crippen molar-refractivity contribution < 1.29 is 19.4 Å². The first-order valence-corrected chi connectivity index (χ1v) is 19.3. The number of aryl methyl sites for hydroxylation is 2. The van der Waals surface area contributed by atoms with Gasteiger partial charge in [0.2, 0.25) is 0 Å². The molecule has 0 unspecified atom stereocenters. The van der Waals surface area contributed by atoms with Crippen molar-refractivity contribution in [3.05, 3.63) is 205 Å². The molecule has 0 saturated heterocycles. The van der Waals surface area contributed by atoms with E-state index in [0.717, 1.165) is 56.4 Å². The Morgan fingerprint density at radius 1 is 0.561 bits per heavy atom. The number of hydrogen-bond donors (Lipinski definition) is 1. The number of benzene rings is 6. The fourth-order valence-electron chi connectivity index (χ4n) is 6.18. The fourth-order valence-corrected chi connectivity index (χ4v) is 7.20. The van der Waals surface area contributed by atoms with E-state index in [1.165, 1.54) is 33.0 Å². The zero-order valence-corrected chi connectivity index (χ0v) is 32.9. The van der Waals surface area contributed by atoms with Gasteiger partial charge in [0.25, 0.3) is 0 Å². The van der Waals surface area contributed by atoms with E-state index in [1.54, 1.807) is 11.3 Å². The van der Waals surface area contributed by atoms with Gasteiger partial charge in [-0.3, -0.25) is 4.79 Å². The van der Waals surface area contributed by atoms with Crippen LogP contribution in [0.3, 0.4) is 0 Å². The Morgan fingerprint density at radius 3 is 1.23 bits per heavy atom. The lowest BCUT2D eigenvalue weighted by molar-refractivity contribution is -0.139. The van der Waals surface area contributed by atoms with Crippen LogP contribution in [0.5, 0.6) is 0 Å². The van der Waals surface area contributed by atoms with Crippen molar-refractivity contribution >= 4 is 57.7 Å². The van der Waals surface area contributed by atoms with Crippen LogP contribution in [-0.4, -0.2) is 17.4 Å². The minimum absolute atomic E-state index is 0.0198. The van der Waals surface area contributed by atoms with Crippen molar-refractivity contribution in [2.45, 2.75) is 27.1 Å². The predicted molar refractivity (Wildman–Crippen MR) is 236 cm³/mol. The number of thiophene rings is 1. The second kappa shape index (κ2) is 19.2. The van der Waals surface area contributed by atoms with Gasteiger partial charge in [-0.15, -0.1) is 11.3 Å². The molecule has 0 fully saturated rings. The Kier molecular flexibility index (Phi) is 13.4. The minimum Gasteiger partial charge on any atom is -0.458 e. The SMILES string of the molecule is C=CC(=O)OCc1ccc(N(c2ccc(C)cc2)c2ccc(-c3ccc(-c4ccc(N(c5ccc(C)cc5)c5ccc(CO)cc5)cc4)s3)cc2)cc1.C=CC=O. The third-order valence-corrected chi connectivity index (χ3v) is 10.4. The van der Waals surface area contributed by atoms with Gasteiger partial charge in [0.05, 0.1) is 6.61 Å². The van der Waals surface area contributed by atoms with Gasteiger partial charge in [-0.2, -0.15) is 0 Å². The van der Waals surface area contributed by atoms with Gasteiger partial charge in [-0.05, 0) is 127 Å². The van der Waals surface area contributed by atoms with E-state index in [0.29, 0.717) is 6.29 Å². The maximum absolute atomic E-state index is 11.6. The molecule has 6 nitrogen and oxygen atoms in total. The van der Waals surface area contributed by atoms with Crippen molar-refractivity contribution in [1.82, 2.24) is 0 Å². The number of ether oxygens (including phenoxy) is 1. The molecule has 0 spiro atoms. The standard InChI is InChI=1S/C47H40N2O3S.C3H4O/c1-4-47(51)52-32-36-11-23-42(24-12-36)49(40-19-7-34(3)8-20-40)44-27-15-38(16-28-44)46-30-29-45(53-46)37-13-25-43(26-14-37)48(39-17-5-33(2)6-18-39)41-21-9-35(31-50)10-22-41;1-2-3-4/h4-30,50H,1,31-32H2,2-3H3;2-3H,1H2. The highest BCUT2D eigenvalue weighted by atomic mass is 32.1. The quantitative estimate of drug-likeness (QED) is 0.0716. The third-order valence-electron chi connectivity index (χ3n) is 9.23. The molecule has 57 heavy (non-hydrogen) atoms. The first kappa shape index (κ1) is 39.9. The molecule has 7 heteroatoms. The zero-order valence-electron chi connectivity index (χ0n) is 32.0. The van der Waals surface area contributed by atoms with Crippen LogP contribution in [-0.2, 0) is 27.5 Å². The topological polar surface area (TPSA) is 70.1 Å². The molecule has 7 aromatic rings. The Morgan fingerprint density at radius 2 is 0.895 bits per heavy atom. The van der Waals surface area contributed by atoms with Crippen molar-refractivity contribution in [1.29, 1.82) is 0 Å². The minimum atomic E-state index is -0.436. The van der Waals surface area contributed by atoms with Gasteiger partial charge in [0, 0.05) is 50.0 Å². The summed E-state index contributed by atoms with van der Waals surface area (Å²) in [4.78, 5) is 27.5. The number of aldehydes is 1. The number of aliphatic hydroxyl groups excluding tert-OH is 1. The number of carbonyl (C=O) groups excluding carboxylic acids is 2. The van der Waals surface area contributed by atoms with Gasteiger partial charge in [0.15, 0.2) is 0 Å². The smallest absolute Gasteiger partial charge is 0.330 e. The number of esters is 1. The lowest BCUT2D eigenvalue weighted by atomic mass is 10.1. The van der Waals surface area contributed by atoms with Gasteiger partial charge in [0.1, 0.15) is 12.9 Å². The summed E-state index contributed by atoms with van der Waals surface area (Å²) in [6.07, 6.45) is 3.01. The summed E-state index contributed by atoms with van der Waals surface area (Å²) in [5, 5.41) is 9.58. The first-order valence-electron chi connectivity index (χ1n) is 18.5. The number of allylic oxidation sites excluding steroid dienone is 1. The van der Waals surface area contributed by atoms with E-state index in [9.17, 15) is 9.90 Å². The van der Waals surface area contributed by atoms with Gasteiger partial charge < -0.3 is 19.6 Å². The van der Waals surface area contributed by atoms with Crippen LogP contribution < -0.4 is 9.80 Å². The van der Waals surface area contributed by atoms with Gasteiger partial charge in [-0.1, -0.05) is 97.1 Å². The van der Waals surface area contributed by atoms with Gasteiger partial charge in [-0.25, -0.2) is 4.79 Å². The number of hydrogen-bond acceptors (Lipinski definition) is 7. The molecular formula is C50H44N2O4S. The molecule has 0 aliphatic heterocycles. The highest BCUT2D eigenvalue weighted by Gasteiger charge is 2.16. The molecule has 1 N–H and O–H groups in total. The van der Waals surface area contributed by atoms with Crippen LogP contribution in [0.15, 0.2) is 183 Å². The lowest BCUT2D eigenvalue weighted by Gasteiger charge is -2.26. The van der Waals surface area contributed by atoms with Crippen LogP contribution in [0, 0.1) is 13.8 Å². The van der Waals surface area contributed by atoms with Crippen molar-refractivity contribution in [3.8, 4) is 20.9 Å². The molecular weight excluding hydrogens is 725 g/mol. The Labute approximate surface area is 338 Å².